The molecule has 6 nitrogen and oxygen atoms in total. The molecule has 2 aromatic rings. The number of aromatic nitrogens is 3. The molecule has 19 heavy (non-hydrogen) atoms. The van der Waals surface area contributed by atoms with E-state index >= 15 is 0 Å². The van der Waals surface area contributed by atoms with Crippen LogP contribution < -0.4 is 9.47 Å². The lowest BCUT2D eigenvalue weighted by molar-refractivity contribution is 0.189. The molecule has 0 aliphatic rings. The molecule has 0 saturated heterocycles. The fourth-order valence-corrected chi connectivity index (χ4v) is 1.76. The summed E-state index contributed by atoms with van der Waals surface area (Å²) in [6, 6.07) is 5.68. The van der Waals surface area contributed by atoms with Crippen molar-refractivity contribution in [1.82, 2.24) is 15.2 Å². The van der Waals surface area contributed by atoms with Crippen LogP contribution in [0.5, 0.6) is 11.5 Å². The number of H-pyrrole nitrogens is 1. The predicted octanol–water partition coefficient (Wildman–Crippen LogP) is 1.47. The van der Waals surface area contributed by atoms with Crippen molar-refractivity contribution in [2.75, 3.05) is 14.2 Å². The highest BCUT2D eigenvalue weighted by Crippen LogP contribution is 2.28. The second-order valence-corrected chi connectivity index (χ2v) is 4.18. The summed E-state index contributed by atoms with van der Waals surface area (Å²) in [6.45, 7) is 1.63. The first kappa shape index (κ1) is 13.4. The maximum atomic E-state index is 9.37. The molecule has 0 saturated carbocycles. The topological polar surface area (TPSA) is 80.3 Å². The fraction of sp³-hybridized carbons (Fsp3) is 0.385. The number of nitrogens with one attached hydrogen (secondary N) is 1. The molecular formula is C13H17N3O3. The summed E-state index contributed by atoms with van der Waals surface area (Å²) in [5.74, 6) is 2.46. The maximum absolute atomic E-state index is 9.37. The van der Waals surface area contributed by atoms with E-state index in [0.717, 1.165) is 5.56 Å². The van der Waals surface area contributed by atoms with Crippen LogP contribution in [-0.2, 0) is 6.42 Å². The standard InChI is InChI=1S/C13H17N3O3/c1-8(17)13-14-12(15-16-13)7-9-4-5-10(18-2)11(6-9)19-3/h4-6,8,17H,7H2,1-3H3,(H,14,15,16). The number of rotatable bonds is 5. The number of nitrogens with zero attached hydrogens (tertiary/aromatic N) is 2. The smallest absolute Gasteiger partial charge is 0.178 e. The van der Waals surface area contributed by atoms with Gasteiger partial charge in [0, 0.05) is 6.42 Å². The Morgan fingerprint density at radius 2 is 2.00 bits per heavy atom. The highest BCUT2D eigenvalue weighted by molar-refractivity contribution is 5.43. The van der Waals surface area contributed by atoms with Crippen LogP contribution >= 0.6 is 0 Å². The molecule has 0 amide bonds. The van der Waals surface area contributed by atoms with Crippen LogP contribution in [0.25, 0.3) is 0 Å². The van der Waals surface area contributed by atoms with Crippen molar-refractivity contribution < 1.29 is 14.6 Å². The van der Waals surface area contributed by atoms with Gasteiger partial charge in [-0.25, -0.2) is 4.98 Å². The molecule has 0 spiro atoms. The van der Waals surface area contributed by atoms with Gasteiger partial charge in [-0.3, -0.25) is 5.10 Å². The molecule has 1 aromatic carbocycles. The quantitative estimate of drug-likeness (QED) is 0.853. The molecule has 102 valence electrons. The van der Waals surface area contributed by atoms with Crippen molar-refractivity contribution in [3.05, 3.63) is 35.4 Å². The van der Waals surface area contributed by atoms with E-state index in [9.17, 15) is 5.11 Å². The van der Waals surface area contributed by atoms with E-state index in [-0.39, 0.29) is 0 Å². The van der Waals surface area contributed by atoms with Crippen molar-refractivity contribution >= 4 is 0 Å². The van der Waals surface area contributed by atoms with Crippen LogP contribution in [0, 0.1) is 0 Å². The van der Waals surface area contributed by atoms with Crippen LogP contribution in [0.3, 0.4) is 0 Å². The van der Waals surface area contributed by atoms with Gasteiger partial charge >= 0.3 is 0 Å². The highest BCUT2D eigenvalue weighted by atomic mass is 16.5. The molecule has 2 N–H and O–H groups in total. The highest BCUT2D eigenvalue weighted by Gasteiger charge is 2.10. The van der Waals surface area contributed by atoms with E-state index in [1.807, 2.05) is 18.2 Å². The number of hydrogen-bond acceptors (Lipinski definition) is 5. The lowest BCUT2D eigenvalue weighted by Gasteiger charge is -2.08. The van der Waals surface area contributed by atoms with Gasteiger partial charge in [-0.15, -0.1) is 0 Å². The molecule has 0 bridgehead atoms. The van der Waals surface area contributed by atoms with Gasteiger partial charge in [0.1, 0.15) is 11.9 Å². The minimum Gasteiger partial charge on any atom is -0.493 e. The summed E-state index contributed by atoms with van der Waals surface area (Å²) >= 11 is 0. The van der Waals surface area contributed by atoms with Crippen LogP contribution in [0.15, 0.2) is 18.2 Å². The first-order valence-electron chi connectivity index (χ1n) is 5.94. The molecule has 0 radical (unpaired) electrons. The zero-order valence-corrected chi connectivity index (χ0v) is 11.2. The van der Waals surface area contributed by atoms with E-state index in [1.54, 1.807) is 21.1 Å². The molecule has 0 fully saturated rings. The number of benzene rings is 1. The van der Waals surface area contributed by atoms with Crippen molar-refractivity contribution in [2.45, 2.75) is 19.4 Å². The number of aliphatic hydroxyl groups excluding tert-OH is 1. The Balaban J connectivity index is 2.18. The average Bonchev–Trinajstić information content (AvgIpc) is 2.87. The van der Waals surface area contributed by atoms with Crippen molar-refractivity contribution in [3.8, 4) is 11.5 Å². The zero-order valence-electron chi connectivity index (χ0n) is 11.2. The first-order chi connectivity index (χ1) is 9.13. The van der Waals surface area contributed by atoms with E-state index in [2.05, 4.69) is 15.2 Å². The van der Waals surface area contributed by atoms with Gasteiger partial charge in [-0.05, 0) is 24.6 Å². The Morgan fingerprint density at radius 3 is 2.58 bits per heavy atom. The summed E-state index contributed by atoms with van der Waals surface area (Å²) in [5, 5.41) is 16.1. The Hall–Kier alpha value is -2.08. The van der Waals surface area contributed by atoms with Crippen LogP contribution in [0.2, 0.25) is 0 Å². The molecular weight excluding hydrogens is 246 g/mol. The zero-order chi connectivity index (χ0) is 13.8. The van der Waals surface area contributed by atoms with Gasteiger partial charge in [-0.1, -0.05) is 6.07 Å². The normalized spacial score (nSPS) is 12.2. The Labute approximate surface area is 111 Å². The second-order valence-electron chi connectivity index (χ2n) is 4.18. The van der Waals surface area contributed by atoms with E-state index < -0.39 is 6.10 Å². The van der Waals surface area contributed by atoms with Crippen molar-refractivity contribution in [3.63, 3.8) is 0 Å². The van der Waals surface area contributed by atoms with Crippen LogP contribution in [0.4, 0.5) is 0 Å². The maximum Gasteiger partial charge on any atom is 0.178 e. The van der Waals surface area contributed by atoms with Gasteiger partial charge < -0.3 is 14.6 Å². The molecule has 2 rings (SSSR count). The summed E-state index contributed by atoms with van der Waals surface area (Å²) in [7, 11) is 3.20. The van der Waals surface area contributed by atoms with Gasteiger partial charge in [0.25, 0.3) is 0 Å². The third kappa shape index (κ3) is 3.03. The summed E-state index contributed by atoms with van der Waals surface area (Å²) < 4.78 is 10.4. The molecule has 1 unspecified atom stereocenters. The second kappa shape index (κ2) is 5.71. The van der Waals surface area contributed by atoms with Gasteiger partial charge in [0.05, 0.1) is 14.2 Å². The Bertz CT molecular complexity index is 552. The SMILES string of the molecule is COc1ccc(Cc2nc(C(C)O)n[nH]2)cc1OC. The Kier molecular flexibility index (Phi) is 4.01. The molecule has 1 heterocycles. The van der Waals surface area contributed by atoms with Crippen molar-refractivity contribution in [1.29, 1.82) is 0 Å². The van der Waals surface area contributed by atoms with Crippen molar-refractivity contribution in [2.24, 2.45) is 0 Å². The minimum absolute atomic E-state index is 0.399. The van der Waals surface area contributed by atoms with Crippen LogP contribution in [0.1, 0.15) is 30.2 Å². The number of aromatic amines is 1. The monoisotopic (exact) mass is 263 g/mol. The summed E-state index contributed by atoms with van der Waals surface area (Å²) in [5.41, 5.74) is 1.02. The summed E-state index contributed by atoms with van der Waals surface area (Å²) in [4.78, 5) is 4.21. The third-order valence-corrected chi connectivity index (χ3v) is 2.74. The largest absolute Gasteiger partial charge is 0.493 e. The Morgan fingerprint density at radius 1 is 1.26 bits per heavy atom. The minimum atomic E-state index is -0.671. The third-order valence-electron chi connectivity index (χ3n) is 2.74. The number of hydrogen-bond donors (Lipinski definition) is 2. The van der Waals surface area contributed by atoms with Gasteiger partial charge in [0.15, 0.2) is 17.3 Å². The fourth-order valence-electron chi connectivity index (χ4n) is 1.76. The van der Waals surface area contributed by atoms with Crippen LogP contribution in [-0.4, -0.2) is 34.5 Å². The van der Waals surface area contributed by atoms with E-state index in [1.165, 1.54) is 0 Å². The molecule has 1 aromatic heterocycles. The molecule has 0 aliphatic heterocycles. The van der Waals surface area contributed by atoms with E-state index in [4.69, 9.17) is 9.47 Å². The number of methoxy groups -OCH3 is 2. The summed E-state index contributed by atoms with van der Waals surface area (Å²) in [6.07, 6.45) is -0.0875. The molecule has 0 aliphatic carbocycles. The average molecular weight is 263 g/mol. The lowest BCUT2D eigenvalue weighted by Crippen LogP contribution is -1.96. The number of aliphatic hydroxyl groups is 1. The van der Waals surface area contributed by atoms with Gasteiger partial charge in [0.2, 0.25) is 0 Å². The lowest BCUT2D eigenvalue weighted by atomic mass is 10.1. The van der Waals surface area contributed by atoms with Gasteiger partial charge in [-0.2, -0.15) is 5.10 Å². The predicted molar refractivity (Wildman–Crippen MR) is 69.4 cm³/mol. The number of ether oxygens (including phenoxy) is 2. The molecule has 1 atom stereocenters. The van der Waals surface area contributed by atoms with E-state index in [0.29, 0.717) is 29.6 Å². The first-order valence-corrected chi connectivity index (χ1v) is 5.94. The molecule has 6 heteroatoms.